The fourth-order valence-corrected chi connectivity index (χ4v) is 0. The van der Waals surface area contributed by atoms with Gasteiger partial charge in [0.1, 0.15) is 0 Å². The highest BCUT2D eigenvalue weighted by atomic mass is 16.4. The Balaban J connectivity index is -0.000000120. The Hall–Kier alpha value is -1.66. The molecule has 0 radical (unpaired) electrons. The molecule has 0 aromatic heterocycles. The van der Waals surface area contributed by atoms with Gasteiger partial charge in [0.15, 0.2) is 0 Å². The van der Waals surface area contributed by atoms with Crippen LogP contribution in [0.2, 0.25) is 0 Å². The van der Waals surface area contributed by atoms with Crippen LogP contribution in [0.15, 0.2) is 25.3 Å². The summed E-state index contributed by atoms with van der Waals surface area (Å²) in [6.45, 7) is 6.17. The van der Waals surface area contributed by atoms with Gasteiger partial charge in [-0.2, -0.15) is 0 Å². The maximum atomic E-state index is 9.25. The zero-order valence-corrected chi connectivity index (χ0v) is 7.14. The van der Waals surface area contributed by atoms with Crippen LogP contribution in [0.1, 0.15) is 0 Å². The predicted molar refractivity (Wildman–Crippen MR) is 48.9 cm³/mol. The van der Waals surface area contributed by atoms with Crippen molar-refractivity contribution < 1.29 is 19.8 Å². The number of carbonyl (C=O) groups is 2. The van der Waals surface area contributed by atoms with Crippen LogP contribution in [-0.2, 0) is 9.59 Å². The molecule has 0 aliphatic heterocycles. The highest BCUT2D eigenvalue weighted by molar-refractivity contribution is 5.79. The molecule has 0 spiro atoms. The fraction of sp³-hybridized carbons (Fsp3) is 0.143. The number of carboxylic acid groups (broad SMARTS) is 2. The largest absolute Gasteiger partial charge is 0.478 e. The minimum atomic E-state index is -0.981. The van der Waals surface area contributed by atoms with E-state index in [1.807, 2.05) is 0 Å². The van der Waals surface area contributed by atoms with Gasteiger partial charge in [-0.3, -0.25) is 0 Å². The molecular weight excluding hydrogens is 176 g/mol. The third-order valence-electron chi connectivity index (χ3n) is 0.349. The molecular formula is C7H14N2O4. The first-order chi connectivity index (χ1) is 5.95. The summed E-state index contributed by atoms with van der Waals surface area (Å²) in [4.78, 5) is 18.5. The lowest BCUT2D eigenvalue weighted by Gasteiger charge is -1.64. The van der Waals surface area contributed by atoms with Gasteiger partial charge in [0.25, 0.3) is 0 Å². The minimum absolute atomic E-state index is 0.250. The quantitative estimate of drug-likeness (QED) is 0.339. The zero-order valence-electron chi connectivity index (χ0n) is 7.14. The monoisotopic (exact) mass is 190 g/mol. The number of hydrogen-bond acceptors (Lipinski definition) is 4. The molecule has 6 N–H and O–H groups in total. The van der Waals surface area contributed by atoms with Crippen LogP contribution in [0.3, 0.4) is 0 Å². The van der Waals surface area contributed by atoms with Crippen LogP contribution in [0.25, 0.3) is 0 Å². The Labute approximate surface area is 76.2 Å². The van der Waals surface area contributed by atoms with Crippen molar-refractivity contribution in [2.45, 2.75) is 0 Å². The third-order valence-corrected chi connectivity index (χ3v) is 0.349. The van der Waals surface area contributed by atoms with Gasteiger partial charge in [0, 0.05) is 18.8 Å². The van der Waals surface area contributed by atoms with E-state index in [2.05, 4.69) is 24.6 Å². The molecule has 0 saturated heterocycles. The van der Waals surface area contributed by atoms with Crippen molar-refractivity contribution in [3.63, 3.8) is 0 Å². The second-order valence-electron chi connectivity index (χ2n) is 1.32. The Morgan fingerprint density at radius 3 is 1.15 bits per heavy atom. The van der Waals surface area contributed by atoms with Gasteiger partial charge < -0.3 is 21.7 Å². The lowest BCUT2D eigenvalue weighted by Crippen LogP contribution is -2.08. The van der Waals surface area contributed by atoms with Gasteiger partial charge in [-0.05, 0) is 0 Å². The lowest BCUT2D eigenvalue weighted by atomic mass is 10.7. The normalized spacial score (nSPS) is 6.31. The number of rotatable bonds is 2. The molecule has 0 aromatic rings. The summed E-state index contributed by atoms with van der Waals surface area (Å²) in [6.07, 6.45) is 1.67. The van der Waals surface area contributed by atoms with Crippen LogP contribution in [-0.4, -0.2) is 28.8 Å². The van der Waals surface area contributed by atoms with Gasteiger partial charge in [-0.25, -0.2) is 9.59 Å². The molecule has 13 heavy (non-hydrogen) atoms. The standard InChI is InChI=1S/2C3H4O2.CH6N2/c2*1-2-3(4)5;2-1-3/h2*2H,1H2,(H,4,5);1-3H2. The molecule has 0 aliphatic rings. The van der Waals surface area contributed by atoms with E-state index in [9.17, 15) is 9.59 Å². The van der Waals surface area contributed by atoms with E-state index < -0.39 is 11.9 Å². The van der Waals surface area contributed by atoms with E-state index in [0.717, 1.165) is 12.2 Å². The summed E-state index contributed by atoms with van der Waals surface area (Å²) in [7, 11) is 0. The average Bonchev–Trinajstić information content (AvgIpc) is 2.07. The summed E-state index contributed by atoms with van der Waals surface area (Å²) in [6, 6.07) is 0. The maximum absolute atomic E-state index is 9.25. The Morgan fingerprint density at radius 1 is 1.08 bits per heavy atom. The first-order valence-electron chi connectivity index (χ1n) is 3.07. The molecule has 0 bridgehead atoms. The zero-order chi connectivity index (χ0) is 11.3. The smallest absolute Gasteiger partial charge is 0.327 e. The fourth-order valence-electron chi connectivity index (χ4n) is 0. The third kappa shape index (κ3) is 131. The van der Waals surface area contributed by atoms with Crippen LogP contribution in [0.5, 0.6) is 0 Å². The summed E-state index contributed by atoms with van der Waals surface area (Å²) in [5.41, 5.74) is 9.25. The molecule has 0 heterocycles. The lowest BCUT2D eigenvalue weighted by molar-refractivity contribution is -0.132. The van der Waals surface area contributed by atoms with E-state index in [0.29, 0.717) is 0 Å². The Morgan fingerprint density at radius 2 is 1.15 bits per heavy atom. The van der Waals surface area contributed by atoms with Crippen molar-refractivity contribution in [1.29, 1.82) is 0 Å². The molecule has 0 atom stereocenters. The van der Waals surface area contributed by atoms with Crippen LogP contribution in [0.4, 0.5) is 0 Å². The van der Waals surface area contributed by atoms with Crippen molar-refractivity contribution in [1.82, 2.24) is 0 Å². The molecule has 76 valence electrons. The summed E-state index contributed by atoms with van der Waals surface area (Å²) >= 11 is 0. The SMILES string of the molecule is C=CC(=O)O.C=CC(=O)O.NCN. The molecule has 0 rings (SSSR count). The van der Waals surface area contributed by atoms with E-state index in [1.54, 1.807) is 0 Å². The molecule has 0 aliphatic carbocycles. The first kappa shape index (κ1) is 17.4. The van der Waals surface area contributed by atoms with Crippen molar-refractivity contribution in [2.24, 2.45) is 11.5 Å². The summed E-state index contributed by atoms with van der Waals surface area (Å²) in [5.74, 6) is -1.96. The Kier molecular flexibility index (Phi) is 22.4. The van der Waals surface area contributed by atoms with Gasteiger partial charge in [0.2, 0.25) is 0 Å². The molecule has 0 amide bonds. The van der Waals surface area contributed by atoms with Crippen LogP contribution < -0.4 is 11.5 Å². The van der Waals surface area contributed by atoms with E-state index in [-0.39, 0.29) is 6.67 Å². The van der Waals surface area contributed by atoms with Crippen LogP contribution in [0, 0.1) is 0 Å². The second kappa shape index (κ2) is 16.7. The maximum Gasteiger partial charge on any atom is 0.327 e. The van der Waals surface area contributed by atoms with Gasteiger partial charge in [0.05, 0.1) is 0 Å². The predicted octanol–water partition coefficient (Wildman–Crippen LogP) is -0.625. The highest BCUT2D eigenvalue weighted by Crippen LogP contribution is 1.55. The van der Waals surface area contributed by atoms with Crippen molar-refractivity contribution >= 4 is 11.9 Å². The van der Waals surface area contributed by atoms with Gasteiger partial charge in [-0.1, -0.05) is 13.2 Å². The molecule has 0 saturated carbocycles. The molecule has 0 unspecified atom stereocenters. The molecule has 6 heteroatoms. The highest BCUT2D eigenvalue weighted by Gasteiger charge is 1.73. The number of nitrogens with two attached hydrogens (primary N) is 2. The van der Waals surface area contributed by atoms with E-state index in [4.69, 9.17) is 10.2 Å². The van der Waals surface area contributed by atoms with Crippen molar-refractivity contribution in [2.75, 3.05) is 6.67 Å². The molecule has 0 fully saturated rings. The van der Waals surface area contributed by atoms with Crippen molar-refractivity contribution in [3.8, 4) is 0 Å². The molecule has 6 nitrogen and oxygen atoms in total. The number of hydrogen-bond donors (Lipinski definition) is 4. The topological polar surface area (TPSA) is 127 Å². The van der Waals surface area contributed by atoms with Gasteiger partial charge in [-0.15, -0.1) is 0 Å². The first-order valence-corrected chi connectivity index (χ1v) is 3.07. The van der Waals surface area contributed by atoms with Crippen LogP contribution >= 0.6 is 0 Å². The van der Waals surface area contributed by atoms with E-state index in [1.165, 1.54) is 0 Å². The second-order valence-corrected chi connectivity index (χ2v) is 1.32. The number of aliphatic carboxylic acids is 2. The Bertz CT molecular complexity index is 150. The minimum Gasteiger partial charge on any atom is -0.478 e. The van der Waals surface area contributed by atoms with Crippen molar-refractivity contribution in [3.05, 3.63) is 25.3 Å². The van der Waals surface area contributed by atoms with E-state index >= 15 is 0 Å². The summed E-state index contributed by atoms with van der Waals surface area (Å²) < 4.78 is 0. The number of carboxylic acids is 2. The van der Waals surface area contributed by atoms with Gasteiger partial charge >= 0.3 is 11.9 Å². The molecule has 0 aromatic carbocycles. The average molecular weight is 190 g/mol. The summed E-state index contributed by atoms with van der Waals surface area (Å²) in [5, 5.41) is 15.2.